The number of aromatic nitrogens is 3. The van der Waals surface area contributed by atoms with Gasteiger partial charge in [-0.3, -0.25) is 0 Å². The molecule has 0 atom stereocenters. The molecule has 4 nitrogen and oxygen atoms in total. The van der Waals surface area contributed by atoms with Crippen LogP contribution in [0.25, 0.3) is 5.69 Å². The van der Waals surface area contributed by atoms with Gasteiger partial charge in [-0.15, -0.1) is 5.10 Å². The lowest BCUT2D eigenvalue weighted by molar-refractivity contribution is 0.410. The molecule has 1 aromatic carbocycles. The summed E-state index contributed by atoms with van der Waals surface area (Å²) in [6, 6.07) is 10.1. The van der Waals surface area contributed by atoms with Gasteiger partial charge in [0.25, 0.3) is 0 Å². The van der Waals surface area contributed by atoms with E-state index in [1.807, 2.05) is 41.2 Å². The van der Waals surface area contributed by atoms with Crippen molar-refractivity contribution < 1.29 is 0 Å². The summed E-state index contributed by atoms with van der Waals surface area (Å²) < 4.78 is 1.89. The van der Waals surface area contributed by atoms with E-state index in [1.54, 1.807) is 0 Å². The first-order valence-electron chi connectivity index (χ1n) is 5.37. The zero-order chi connectivity index (χ0) is 11.4. The first-order chi connectivity index (χ1) is 7.77. The van der Waals surface area contributed by atoms with Crippen molar-refractivity contribution in [3.05, 3.63) is 42.2 Å². The molecule has 0 unspecified atom stereocenters. The summed E-state index contributed by atoms with van der Waals surface area (Å²) in [4.78, 5) is 2.16. The maximum Gasteiger partial charge on any atom is 0.0730 e. The van der Waals surface area contributed by atoms with Crippen molar-refractivity contribution in [2.24, 2.45) is 0 Å². The van der Waals surface area contributed by atoms with Crippen LogP contribution in [0, 0.1) is 0 Å². The summed E-state index contributed by atoms with van der Waals surface area (Å²) in [6.07, 6.45) is 2.78. The Kier molecular flexibility index (Phi) is 3.31. The topological polar surface area (TPSA) is 34.0 Å². The number of para-hydroxylation sites is 1. The highest BCUT2D eigenvalue weighted by molar-refractivity contribution is 5.31. The maximum atomic E-state index is 4.11. The molecule has 0 aliphatic rings. The van der Waals surface area contributed by atoms with Crippen LogP contribution in [0.15, 0.2) is 36.5 Å². The van der Waals surface area contributed by atoms with Gasteiger partial charge in [0.15, 0.2) is 0 Å². The fraction of sp³-hybridized carbons (Fsp3) is 0.333. The summed E-state index contributed by atoms with van der Waals surface area (Å²) in [5, 5.41) is 8.08. The van der Waals surface area contributed by atoms with Crippen LogP contribution in [-0.2, 0) is 6.42 Å². The van der Waals surface area contributed by atoms with E-state index in [2.05, 4.69) is 29.3 Å². The molecule has 0 amide bonds. The van der Waals surface area contributed by atoms with Gasteiger partial charge in [-0.2, -0.15) is 0 Å². The average Bonchev–Trinajstić information content (AvgIpc) is 2.75. The van der Waals surface area contributed by atoms with Gasteiger partial charge in [0.2, 0.25) is 0 Å². The minimum Gasteiger partial charge on any atom is -0.309 e. The highest BCUT2D eigenvalue weighted by Gasteiger charge is 2.05. The Balaban J connectivity index is 2.19. The molecule has 0 bridgehead atoms. The fourth-order valence-electron chi connectivity index (χ4n) is 1.55. The molecule has 2 rings (SSSR count). The summed E-state index contributed by atoms with van der Waals surface area (Å²) in [6.45, 7) is 1.00. The Morgan fingerprint density at radius 2 is 1.94 bits per heavy atom. The van der Waals surface area contributed by atoms with Crippen molar-refractivity contribution in [1.82, 2.24) is 19.9 Å². The normalized spacial score (nSPS) is 10.9. The molecule has 0 radical (unpaired) electrons. The van der Waals surface area contributed by atoms with E-state index in [0.717, 1.165) is 24.3 Å². The lowest BCUT2D eigenvalue weighted by Crippen LogP contribution is -2.16. The van der Waals surface area contributed by atoms with Gasteiger partial charge < -0.3 is 4.90 Å². The Morgan fingerprint density at radius 1 is 1.19 bits per heavy atom. The van der Waals surface area contributed by atoms with Crippen molar-refractivity contribution in [1.29, 1.82) is 0 Å². The van der Waals surface area contributed by atoms with E-state index in [-0.39, 0.29) is 0 Å². The van der Waals surface area contributed by atoms with Crippen molar-refractivity contribution in [2.45, 2.75) is 6.42 Å². The molecule has 0 saturated carbocycles. The first kappa shape index (κ1) is 10.8. The van der Waals surface area contributed by atoms with E-state index in [0.29, 0.717) is 0 Å². The molecule has 0 spiro atoms. The van der Waals surface area contributed by atoms with Gasteiger partial charge in [0.1, 0.15) is 0 Å². The molecule has 2 aromatic rings. The Morgan fingerprint density at radius 3 is 2.62 bits per heavy atom. The van der Waals surface area contributed by atoms with Crippen molar-refractivity contribution in [2.75, 3.05) is 20.6 Å². The van der Waals surface area contributed by atoms with E-state index < -0.39 is 0 Å². The third-order valence-corrected chi connectivity index (χ3v) is 2.44. The number of likely N-dealkylation sites (N-methyl/N-ethyl adjacent to an activating group) is 1. The smallest absolute Gasteiger partial charge is 0.0730 e. The highest BCUT2D eigenvalue weighted by Crippen LogP contribution is 2.09. The van der Waals surface area contributed by atoms with E-state index in [1.165, 1.54) is 0 Å². The monoisotopic (exact) mass is 216 g/mol. The molecule has 16 heavy (non-hydrogen) atoms. The second-order valence-corrected chi connectivity index (χ2v) is 4.03. The zero-order valence-electron chi connectivity index (χ0n) is 9.67. The van der Waals surface area contributed by atoms with Gasteiger partial charge in [-0.25, -0.2) is 4.68 Å². The molecule has 0 N–H and O–H groups in total. The molecule has 0 saturated heterocycles. The van der Waals surface area contributed by atoms with Crippen LogP contribution in [0.2, 0.25) is 0 Å². The second kappa shape index (κ2) is 4.90. The van der Waals surface area contributed by atoms with E-state index >= 15 is 0 Å². The van der Waals surface area contributed by atoms with Gasteiger partial charge >= 0.3 is 0 Å². The van der Waals surface area contributed by atoms with Gasteiger partial charge in [-0.05, 0) is 26.2 Å². The van der Waals surface area contributed by atoms with Crippen LogP contribution >= 0.6 is 0 Å². The Labute approximate surface area is 95.5 Å². The fourth-order valence-corrected chi connectivity index (χ4v) is 1.55. The maximum absolute atomic E-state index is 4.11. The SMILES string of the molecule is CN(C)CCc1cnnn1-c1ccccc1. The minimum atomic E-state index is 0.953. The van der Waals surface area contributed by atoms with Crippen molar-refractivity contribution in [3.63, 3.8) is 0 Å². The first-order valence-corrected chi connectivity index (χ1v) is 5.37. The predicted octanol–water partition coefficient (Wildman–Crippen LogP) is 1.37. The zero-order valence-corrected chi connectivity index (χ0v) is 9.67. The third-order valence-electron chi connectivity index (χ3n) is 2.44. The van der Waals surface area contributed by atoms with E-state index in [4.69, 9.17) is 0 Å². The molecular formula is C12H16N4. The molecule has 0 aliphatic carbocycles. The van der Waals surface area contributed by atoms with Gasteiger partial charge in [0, 0.05) is 13.0 Å². The summed E-state index contributed by atoms with van der Waals surface area (Å²) >= 11 is 0. The number of rotatable bonds is 4. The largest absolute Gasteiger partial charge is 0.309 e. The van der Waals surface area contributed by atoms with Crippen LogP contribution in [0.1, 0.15) is 5.69 Å². The quantitative estimate of drug-likeness (QED) is 0.774. The van der Waals surface area contributed by atoms with Crippen molar-refractivity contribution in [3.8, 4) is 5.69 Å². The minimum absolute atomic E-state index is 0.953. The number of nitrogens with zero attached hydrogens (tertiary/aromatic N) is 4. The molecule has 1 aromatic heterocycles. The second-order valence-electron chi connectivity index (χ2n) is 4.03. The summed E-state index contributed by atoms with van der Waals surface area (Å²) in [5.74, 6) is 0. The molecule has 1 heterocycles. The van der Waals surface area contributed by atoms with Gasteiger partial charge in [0.05, 0.1) is 17.6 Å². The van der Waals surface area contributed by atoms with Crippen molar-refractivity contribution >= 4 is 0 Å². The number of hydrogen-bond acceptors (Lipinski definition) is 3. The Bertz CT molecular complexity index is 433. The lowest BCUT2D eigenvalue weighted by atomic mass is 10.3. The van der Waals surface area contributed by atoms with Crippen LogP contribution in [0.4, 0.5) is 0 Å². The highest BCUT2D eigenvalue weighted by atomic mass is 15.4. The lowest BCUT2D eigenvalue weighted by Gasteiger charge is -2.10. The average molecular weight is 216 g/mol. The van der Waals surface area contributed by atoms with E-state index in [9.17, 15) is 0 Å². The molecular weight excluding hydrogens is 200 g/mol. The molecule has 4 heteroatoms. The molecule has 0 aliphatic heterocycles. The Hall–Kier alpha value is -1.68. The number of hydrogen-bond donors (Lipinski definition) is 0. The summed E-state index contributed by atoms with van der Waals surface area (Å²) in [5.41, 5.74) is 2.20. The number of benzene rings is 1. The molecule has 84 valence electrons. The summed E-state index contributed by atoms with van der Waals surface area (Å²) in [7, 11) is 4.13. The third kappa shape index (κ3) is 2.46. The van der Waals surface area contributed by atoms with Crippen LogP contribution in [0.5, 0.6) is 0 Å². The van der Waals surface area contributed by atoms with Crippen LogP contribution in [0.3, 0.4) is 0 Å². The predicted molar refractivity (Wildman–Crippen MR) is 63.6 cm³/mol. The van der Waals surface area contributed by atoms with Gasteiger partial charge in [-0.1, -0.05) is 23.4 Å². The van der Waals surface area contributed by atoms with Crippen LogP contribution in [-0.4, -0.2) is 40.5 Å². The van der Waals surface area contributed by atoms with Crippen LogP contribution < -0.4 is 0 Å². The standard InChI is InChI=1S/C12H16N4/c1-15(2)9-8-12-10-13-14-16(12)11-6-4-3-5-7-11/h3-7,10H,8-9H2,1-2H3. The molecule has 0 fully saturated rings.